The first-order chi connectivity index (χ1) is 37.3. The van der Waals surface area contributed by atoms with Crippen molar-refractivity contribution < 1.29 is 86.3 Å². The van der Waals surface area contributed by atoms with Crippen LogP contribution in [0.5, 0.6) is 23.4 Å². The summed E-state index contributed by atoms with van der Waals surface area (Å²) in [5, 5.41) is 55.2. The number of hydrogen-bond donors (Lipinski definition) is 9. The van der Waals surface area contributed by atoms with E-state index in [-0.39, 0.29) is 56.0 Å². The molecule has 8 unspecified atom stereocenters. The number of esters is 2. The maximum Gasteiger partial charge on any atom is 0.355 e. The summed E-state index contributed by atoms with van der Waals surface area (Å²) in [6.45, 7) is 13.1. The highest BCUT2D eigenvalue weighted by Gasteiger charge is 2.55. The molecule has 9 N–H and O–H groups in total. The van der Waals surface area contributed by atoms with Gasteiger partial charge in [0.05, 0.1) is 22.0 Å². The summed E-state index contributed by atoms with van der Waals surface area (Å²) in [5.41, 5.74) is -4.66. The van der Waals surface area contributed by atoms with E-state index in [0.29, 0.717) is 11.4 Å². The molecule has 2 aliphatic rings. The Bertz CT molecular complexity index is 3430. The normalized spacial score (nSPS) is 22.5. The topological polar surface area (TPSA) is 368 Å². The minimum Gasteiger partial charge on any atom is -0.479 e. The SMILES string of the molecule is COC1C(OC(=O)c2ccc(C)[nH]2)C(O)C(Oc2ccc3c(=O)c(NC(=O)c4cc(C(=O)Nc5c(O)oc6c(C)c(OC7OC(C)(C)C(OC)C(OC(=O)c8ccc(C)[nH]8)C7O)ccc6c5=O)[nH]n4)c(O)oc3c2C)OC1(C)C. The van der Waals surface area contributed by atoms with Crippen molar-refractivity contribution in [2.45, 2.75) is 116 Å². The summed E-state index contributed by atoms with van der Waals surface area (Å²) in [7, 11) is 2.75. The Hall–Kier alpha value is -8.53. The molecule has 79 heavy (non-hydrogen) atoms. The number of rotatable bonds is 14. The fraction of sp³-hybridized carbons (Fsp3) is 0.377. The summed E-state index contributed by atoms with van der Waals surface area (Å²) in [4.78, 5) is 86.4. The van der Waals surface area contributed by atoms with Gasteiger partial charge in [-0.15, -0.1) is 0 Å². The number of carbonyl (C=O) groups is 4. The molecule has 5 aromatic heterocycles. The Morgan fingerprint density at radius 3 is 1.42 bits per heavy atom. The lowest BCUT2D eigenvalue weighted by Gasteiger charge is -2.47. The lowest BCUT2D eigenvalue weighted by Crippen LogP contribution is -2.65. The van der Waals surface area contributed by atoms with Crippen LogP contribution in [0, 0.1) is 27.7 Å². The van der Waals surface area contributed by atoms with Crippen LogP contribution in [-0.2, 0) is 28.4 Å². The van der Waals surface area contributed by atoms with Crippen molar-refractivity contribution in [3.05, 3.63) is 120 Å². The number of aliphatic hydroxyl groups is 2. The van der Waals surface area contributed by atoms with Crippen LogP contribution < -0.4 is 31.0 Å². The van der Waals surface area contributed by atoms with Gasteiger partial charge in [-0.25, -0.2) is 9.59 Å². The third kappa shape index (κ3) is 10.4. The number of aromatic hydroxyl groups is 2. The number of aliphatic hydroxyl groups excluding tert-OH is 2. The monoisotopic (exact) mass is 1100 g/mol. The van der Waals surface area contributed by atoms with Gasteiger partial charge in [-0.05, 0) is 104 Å². The second kappa shape index (κ2) is 21.0. The molecule has 418 valence electrons. The molecule has 9 rings (SSSR count). The van der Waals surface area contributed by atoms with Crippen LogP contribution in [0.25, 0.3) is 21.9 Å². The highest BCUT2D eigenvalue weighted by molar-refractivity contribution is 6.08. The average molecular weight is 1100 g/mol. The van der Waals surface area contributed by atoms with E-state index in [1.165, 1.54) is 64.5 Å². The predicted octanol–water partition coefficient (Wildman–Crippen LogP) is 4.66. The number of nitrogens with one attached hydrogen (secondary N) is 5. The molecule has 0 spiro atoms. The largest absolute Gasteiger partial charge is 0.479 e. The van der Waals surface area contributed by atoms with Crippen molar-refractivity contribution in [2.24, 2.45) is 0 Å². The van der Waals surface area contributed by atoms with Crippen molar-refractivity contribution in [1.29, 1.82) is 0 Å². The van der Waals surface area contributed by atoms with Gasteiger partial charge in [0.2, 0.25) is 23.4 Å². The highest BCUT2D eigenvalue weighted by Crippen LogP contribution is 2.40. The summed E-state index contributed by atoms with van der Waals surface area (Å²) < 4.78 is 58.3. The highest BCUT2D eigenvalue weighted by atomic mass is 16.7. The van der Waals surface area contributed by atoms with E-state index in [1.54, 1.807) is 53.7 Å². The van der Waals surface area contributed by atoms with E-state index in [0.717, 1.165) is 6.07 Å². The first kappa shape index (κ1) is 55.2. The first-order valence-corrected chi connectivity index (χ1v) is 24.4. The zero-order valence-corrected chi connectivity index (χ0v) is 44.1. The fourth-order valence-corrected chi connectivity index (χ4v) is 9.60. The van der Waals surface area contributed by atoms with Gasteiger partial charge in [0.15, 0.2) is 41.5 Å². The molecule has 0 bridgehead atoms. The van der Waals surface area contributed by atoms with Crippen molar-refractivity contribution in [3.63, 3.8) is 0 Å². The van der Waals surface area contributed by atoms with E-state index in [4.69, 9.17) is 46.7 Å². The molecule has 0 aliphatic carbocycles. The third-order valence-electron chi connectivity index (χ3n) is 13.6. The number of H-pyrrole nitrogens is 3. The average Bonchev–Trinajstić information content (AvgIpc) is 4.20. The molecular weight excluding hydrogens is 1040 g/mol. The number of aryl methyl sites for hydroxylation is 4. The van der Waals surface area contributed by atoms with Crippen LogP contribution in [0.15, 0.2) is 73.0 Å². The van der Waals surface area contributed by atoms with Gasteiger partial charge in [0.1, 0.15) is 52.0 Å². The van der Waals surface area contributed by atoms with Gasteiger partial charge >= 0.3 is 23.8 Å². The molecule has 2 aromatic carbocycles. The van der Waals surface area contributed by atoms with Gasteiger partial charge in [0, 0.05) is 42.8 Å². The summed E-state index contributed by atoms with van der Waals surface area (Å²) in [6, 6.07) is 12.7. The van der Waals surface area contributed by atoms with Gasteiger partial charge in [-0.3, -0.25) is 24.3 Å². The molecule has 7 heterocycles. The van der Waals surface area contributed by atoms with Gasteiger partial charge in [-0.1, -0.05) is 0 Å². The molecule has 0 radical (unpaired) electrons. The maximum atomic E-state index is 13.8. The van der Waals surface area contributed by atoms with Crippen LogP contribution in [0.4, 0.5) is 11.4 Å². The fourth-order valence-electron chi connectivity index (χ4n) is 9.60. The van der Waals surface area contributed by atoms with Crippen molar-refractivity contribution in [1.82, 2.24) is 20.2 Å². The van der Waals surface area contributed by atoms with Crippen LogP contribution in [0.3, 0.4) is 0 Å². The number of ether oxygens (including phenoxy) is 8. The number of methoxy groups -OCH3 is 2. The van der Waals surface area contributed by atoms with E-state index < -0.39 is 130 Å². The number of fused-ring (bicyclic) bond motifs is 2. The van der Waals surface area contributed by atoms with Gasteiger partial charge in [0.25, 0.3) is 11.8 Å². The Morgan fingerprint density at radius 1 is 0.608 bits per heavy atom. The van der Waals surface area contributed by atoms with Crippen LogP contribution in [0.1, 0.15) is 92.2 Å². The van der Waals surface area contributed by atoms with Gasteiger partial charge in [-0.2, -0.15) is 5.10 Å². The molecule has 26 heteroatoms. The Balaban J connectivity index is 0.876. The predicted molar refractivity (Wildman–Crippen MR) is 274 cm³/mol. The molecule has 2 fully saturated rings. The van der Waals surface area contributed by atoms with Crippen LogP contribution >= 0.6 is 0 Å². The Labute approximate surface area is 446 Å². The number of benzene rings is 2. The molecule has 2 amide bonds. The number of hydrogen-bond acceptors (Lipinski definition) is 21. The van der Waals surface area contributed by atoms with E-state index >= 15 is 0 Å². The molecule has 0 saturated carbocycles. The summed E-state index contributed by atoms with van der Waals surface area (Å²) in [6.07, 6.45) is -10.5. The number of aromatic nitrogens is 4. The molecule has 8 atom stereocenters. The van der Waals surface area contributed by atoms with E-state index in [1.807, 2.05) is 0 Å². The van der Waals surface area contributed by atoms with E-state index in [9.17, 15) is 49.2 Å². The van der Waals surface area contributed by atoms with Crippen LogP contribution in [0.2, 0.25) is 0 Å². The summed E-state index contributed by atoms with van der Waals surface area (Å²) >= 11 is 0. The smallest absolute Gasteiger partial charge is 0.355 e. The lowest BCUT2D eigenvalue weighted by atomic mass is 9.89. The Morgan fingerprint density at radius 2 is 1.03 bits per heavy atom. The van der Waals surface area contributed by atoms with Crippen molar-refractivity contribution >= 4 is 57.1 Å². The molecular formula is C53H56N6O20. The zero-order valence-electron chi connectivity index (χ0n) is 44.1. The Kier molecular flexibility index (Phi) is 14.7. The third-order valence-corrected chi connectivity index (χ3v) is 13.6. The van der Waals surface area contributed by atoms with Gasteiger partial charge < -0.3 is 87.8 Å². The molecule has 2 saturated heterocycles. The number of carbonyl (C=O) groups excluding carboxylic acids is 4. The molecule has 7 aromatic rings. The first-order valence-electron chi connectivity index (χ1n) is 24.4. The second-order valence-corrected chi connectivity index (χ2v) is 20.0. The number of anilines is 2. The number of aromatic amines is 3. The van der Waals surface area contributed by atoms with Crippen LogP contribution in [-0.4, -0.2) is 139 Å². The molecule has 26 nitrogen and oxygen atoms in total. The standard InChI is InChI=1S/C53H56N6O20/c1-20-11-15-26(54-20)46(66)76-40-36(62)50(78-52(5,6)42(40)70-9)72-30-17-13-24-34(60)32(48(68)74-38(24)22(30)3)56-44(64)28-19-29(59-58-28)45(65)57-33-35(61)25-14-18-31(23(4)39(25)75-49(33)69)73-51-37(63)41(43(71-10)53(7,8)79-51)77-47(67)27-16-12-21(2)55-27/h11-19,36-37,40-43,50-51,54-55,62-63,68-69H,1-10H3,(H,56,64)(H,57,65)(H,58,59). The number of amides is 2. The number of nitrogens with zero attached hydrogens (tertiary/aromatic N) is 1. The van der Waals surface area contributed by atoms with Crippen molar-refractivity contribution in [2.75, 3.05) is 24.9 Å². The van der Waals surface area contributed by atoms with Crippen molar-refractivity contribution in [3.8, 4) is 23.4 Å². The van der Waals surface area contributed by atoms with E-state index in [2.05, 4.69) is 30.8 Å². The minimum absolute atomic E-state index is 0.0390. The lowest BCUT2D eigenvalue weighted by molar-refractivity contribution is -0.305. The maximum absolute atomic E-state index is 13.8. The quantitative estimate of drug-likeness (QED) is 0.0669. The zero-order chi connectivity index (χ0) is 57.2. The second-order valence-electron chi connectivity index (χ2n) is 20.0. The minimum atomic E-state index is -1.59. The molecule has 2 aliphatic heterocycles. The summed E-state index contributed by atoms with van der Waals surface area (Å²) in [5.74, 6) is -5.62.